The highest BCUT2D eigenvalue weighted by atomic mass is 16.2. The van der Waals surface area contributed by atoms with E-state index in [0.29, 0.717) is 16.9 Å². The van der Waals surface area contributed by atoms with Crippen molar-refractivity contribution in [2.45, 2.75) is 6.92 Å². The van der Waals surface area contributed by atoms with Crippen LogP contribution in [0, 0.1) is 6.92 Å². The Kier molecular flexibility index (Phi) is 2.35. The highest BCUT2D eigenvalue weighted by Crippen LogP contribution is 2.29. The Balaban J connectivity index is 2.11. The van der Waals surface area contributed by atoms with Gasteiger partial charge in [-0.05, 0) is 36.8 Å². The summed E-state index contributed by atoms with van der Waals surface area (Å²) in [5, 5.41) is 0. The minimum absolute atomic E-state index is 0.187. The molecular weight excluding hydrogens is 242 g/mol. The van der Waals surface area contributed by atoms with E-state index in [4.69, 9.17) is 5.73 Å². The molecule has 0 fully saturated rings. The predicted molar refractivity (Wildman–Crippen MR) is 71.0 cm³/mol. The van der Waals surface area contributed by atoms with Gasteiger partial charge in [-0.3, -0.25) is 14.6 Å². The first kappa shape index (κ1) is 11.4. The maximum Gasteiger partial charge on any atom is 0.284 e. The number of anilines is 2. The van der Waals surface area contributed by atoms with E-state index < -0.39 is 5.91 Å². The van der Waals surface area contributed by atoms with Crippen LogP contribution in [0.2, 0.25) is 0 Å². The molecule has 2 heterocycles. The lowest BCUT2D eigenvalue weighted by molar-refractivity contribution is 0.0925. The molecule has 5 heteroatoms. The van der Waals surface area contributed by atoms with Gasteiger partial charge in [0.05, 0.1) is 11.3 Å². The van der Waals surface area contributed by atoms with Gasteiger partial charge in [0.1, 0.15) is 5.69 Å². The van der Waals surface area contributed by atoms with E-state index in [1.165, 1.54) is 6.20 Å². The number of nitrogens with two attached hydrogens (primary N) is 1. The summed E-state index contributed by atoms with van der Waals surface area (Å²) in [5.74, 6) is -0.778. The van der Waals surface area contributed by atoms with Crippen molar-refractivity contribution >= 4 is 23.2 Å². The number of pyridine rings is 1. The quantitative estimate of drug-likeness (QED) is 0.620. The number of rotatable bonds is 1. The van der Waals surface area contributed by atoms with Crippen molar-refractivity contribution in [3.05, 3.63) is 53.3 Å². The van der Waals surface area contributed by atoms with Gasteiger partial charge in [0.25, 0.3) is 11.8 Å². The molecule has 2 N–H and O–H groups in total. The van der Waals surface area contributed by atoms with Crippen LogP contribution in [0.1, 0.15) is 26.4 Å². The van der Waals surface area contributed by atoms with E-state index in [2.05, 4.69) is 4.98 Å². The molecule has 1 aromatic heterocycles. The third-order valence-corrected chi connectivity index (χ3v) is 3.17. The lowest BCUT2D eigenvalue weighted by atomic mass is 10.2. The Morgan fingerprint density at radius 3 is 2.63 bits per heavy atom. The van der Waals surface area contributed by atoms with E-state index in [1.807, 2.05) is 6.92 Å². The molecule has 2 aromatic rings. The molecule has 0 atom stereocenters. The fraction of sp³-hybridized carbons (Fsp3) is 0.0714. The van der Waals surface area contributed by atoms with Crippen molar-refractivity contribution in [3.63, 3.8) is 0 Å². The SMILES string of the molecule is Cc1ccc(N2C(=O)c3cccnc3C2=O)cc1N. The standard InChI is InChI=1S/C14H11N3O2/c1-8-4-5-9(7-11(8)15)17-13(18)10-3-2-6-16-12(10)14(17)19/h2-7H,15H2,1H3. The van der Waals surface area contributed by atoms with Crippen LogP contribution in [0.15, 0.2) is 36.5 Å². The molecule has 0 bridgehead atoms. The van der Waals surface area contributed by atoms with Crippen molar-refractivity contribution in [3.8, 4) is 0 Å². The molecule has 3 rings (SSSR count). The molecule has 2 amide bonds. The van der Waals surface area contributed by atoms with Crippen LogP contribution in [0.3, 0.4) is 0 Å². The second kappa shape index (κ2) is 3.91. The number of fused-ring (bicyclic) bond motifs is 1. The zero-order valence-electron chi connectivity index (χ0n) is 10.3. The minimum atomic E-state index is -0.413. The van der Waals surface area contributed by atoms with Crippen molar-refractivity contribution in [2.24, 2.45) is 0 Å². The minimum Gasteiger partial charge on any atom is -0.398 e. The fourth-order valence-electron chi connectivity index (χ4n) is 2.07. The molecule has 19 heavy (non-hydrogen) atoms. The molecule has 0 saturated carbocycles. The van der Waals surface area contributed by atoms with Gasteiger partial charge in [-0.1, -0.05) is 6.07 Å². The molecule has 0 saturated heterocycles. The van der Waals surface area contributed by atoms with Gasteiger partial charge < -0.3 is 5.73 Å². The summed E-state index contributed by atoms with van der Waals surface area (Å²) in [6.45, 7) is 1.86. The van der Waals surface area contributed by atoms with E-state index in [9.17, 15) is 9.59 Å². The Morgan fingerprint density at radius 1 is 1.16 bits per heavy atom. The summed E-state index contributed by atoms with van der Waals surface area (Å²) < 4.78 is 0. The average molecular weight is 253 g/mol. The molecular formula is C14H11N3O2. The first-order chi connectivity index (χ1) is 9.09. The van der Waals surface area contributed by atoms with Gasteiger partial charge in [0, 0.05) is 11.9 Å². The smallest absolute Gasteiger partial charge is 0.284 e. The Bertz CT molecular complexity index is 675. The van der Waals surface area contributed by atoms with Crippen LogP contribution >= 0.6 is 0 Å². The van der Waals surface area contributed by atoms with Crippen LogP contribution in [0.25, 0.3) is 0 Å². The maximum atomic E-state index is 12.2. The zero-order chi connectivity index (χ0) is 13.6. The average Bonchev–Trinajstić information content (AvgIpc) is 2.66. The molecule has 0 spiro atoms. The zero-order valence-corrected chi connectivity index (χ0v) is 10.3. The highest BCUT2D eigenvalue weighted by molar-refractivity contribution is 6.33. The summed E-state index contributed by atoms with van der Waals surface area (Å²) in [6, 6.07) is 8.34. The summed E-state index contributed by atoms with van der Waals surface area (Å²) in [5.41, 5.74) is 8.25. The molecule has 5 nitrogen and oxygen atoms in total. The number of carbonyl (C=O) groups is 2. The number of hydrogen-bond donors (Lipinski definition) is 1. The predicted octanol–water partition coefficient (Wildman–Crippen LogP) is 1.77. The number of carbonyl (C=O) groups excluding carboxylic acids is 2. The first-order valence-electron chi connectivity index (χ1n) is 5.79. The fourth-order valence-corrected chi connectivity index (χ4v) is 2.07. The third-order valence-electron chi connectivity index (χ3n) is 3.17. The number of benzene rings is 1. The van der Waals surface area contributed by atoms with Crippen LogP contribution in [-0.4, -0.2) is 16.8 Å². The van der Waals surface area contributed by atoms with Gasteiger partial charge in [0.15, 0.2) is 0 Å². The monoisotopic (exact) mass is 253 g/mol. The van der Waals surface area contributed by atoms with E-state index in [-0.39, 0.29) is 11.6 Å². The number of aromatic nitrogens is 1. The van der Waals surface area contributed by atoms with Crippen LogP contribution in [0.5, 0.6) is 0 Å². The number of nitrogens with zero attached hydrogens (tertiary/aromatic N) is 2. The van der Waals surface area contributed by atoms with Crippen molar-refractivity contribution in [2.75, 3.05) is 10.6 Å². The molecule has 0 unspecified atom stereocenters. The molecule has 0 radical (unpaired) electrons. The normalized spacial score (nSPS) is 13.8. The van der Waals surface area contributed by atoms with Crippen LogP contribution in [0.4, 0.5) is 11.4 Å². The lowest BCUT2D eigenvalue weighted by Crippen LogP contribution is -2.29. The molecule has 94 valence electrons. The number of hydrogen-bond acceptors (Lipinski definition) is 4. The Labute approximate surface area is 109 Å². The summed E-state index contributed by atoms with van der Waals surface area (Å²) in [4.78, 5) is 29.5. The summed E-state index contributed by atoms with van der Waals surface area (Å²) in [7, 11) is 0. The van der Waals surface area contributed by atoms with Gasteiger partial charge in [-0.2, -0.15) is 0 Å². The van der Waals surface area contributed by atoms with Gasteiger partial charge in [-0.25, -0.2) is 4.90 Å². The molecule has 1 aliphatic heterocycles. The number of amides is 2. The Hall–Kier alpha value is -2.69. The molecule has 1 aliphatic rings. The number of aryl methyl sites for hydroxylation is 1. The Morgan fingerprint density at radius 2 is 1.95 bits per heavy atom. The second-order valence-electron chi connectivity index (χ2n) is 4.39. The van der Waals surface area contributed by atoms with Crippen LogP contribution in [-0.2, 0) is 0 Å². The van der Waals surface area contributed by atoms with Crippen molar-refractivity contribution in [1.29, 1.82) is 0 Å². The topological polar surface area (TPSA) is 76.3 Å². The maximum absolute atomic E-state index is 12.2. The summed E-state index contributed by atoms with van der Waals surface area (Å²) >= 11 is 0. The van der Waals surface area contributed by atoms with E-state index in [0.717, 1.165) is 10.5 Å². The van der Waals surface area contributed by atoms with Gasteiger partial charge in [0.2, 0.25) is 0 Å². The lowest BCUT2D eigenvalue weighted by Gasteiger charge is -2.14. The molecule has 0 aliphatic carbocycles. The first-order valence-corrected chi connectivity index (χ1v) is 5.79. The second-order valence-corrected chi connectivity index (χ2v) is 4.39. The van der Waals surface area contributed by atoms with Gasteiger partial charge >= 0.3 is 0 Å². The summed E-state index contributed by atoms with van der Waals surface area (Å²) in [6.07, 6.45) is 1.50. The van der Waals surface area contributed by atoms with Crippen LogP contribution < -0.4 is 10.6 Å². The highest BCUT2D eigenvalue weighted by Gasteiger charge is 2.37. The largest absolute Gasteiger partial charge is 0.398 e. The van der Waals surface area contributed by atoms with E-state index in [1.54, 1.807) is 30.3 Å². The van der Waals surface area contributed by atoms with Gasteiger partial charge in [-0.15, -0.1) is 0 Å². The third kappa shape index (κ3) is 1.59. The van der Waals surface area contributed by atoms with E-state index >= 15 is 0 Å². The number of nitrogen functional groups attached to an aromatic ring is 1. The molecule has 1 aromatic carbocycles. The number of imide groups is 1. The van der Waals surface area contributed by atoms with Crippen molar-refractivity contribution < 1.29 is 9.59 Å². The van der Waals surface area contributed by atoms with Crippen molar-refractivity contribution in [1.82, 2.24) is 4.98 Å².